The zero-order valence-electron chi connectivity index (χ0n) is 24.4. The van der Waals surface area contributed by atoms with Crippen LogP contribution in [-0.2, 0) is 0 Å². The van der Waals surface area contributed by atoms with Crippen LogP contribution in [-0.4, -0.2) is 13.4 Å². The fourth-order valence-corrected chi connectivity index (χ4v) is 11.5. The molecule has 0 saturated heterocycles. The highest BCUT2D eigenvalue weighted by atomic mass is 31.1. The number of para-hydroxylation sites is 5. The number of rotatable bonds is 1. The molecule has 46 heavy (non-hydrogen) atoms. The Morgan fingerprint density at radius 1 is 0.543 bits per heavy atom. The van der Waals surface area contributed by atoms with E-state index in [1.807, 2.05) is 0 Å². The van der Waals surface area contributed by atoms with Gasteiger partial charge in [-0.2, -0.15) is 0 Å². The van der Waals surface area contributed by atoms with E-state index in [-0.39, 0.29) is 5.92 Å². The second-order valence-corrected chi connectivity index (χ2v) is 14.4. The van der Waals surface area contributed by atoms with E-state index in [0.29, 0.717) is 0 Å². The second-order valence-electron chi connectivity index (χ2n) is 12.4. The zero-order valence-corrected chi connectivity index (χ0v) is 25.3. The Morgan fingerprint density at radius 2 is 1.20 bits per heavy atom. The van der Waals surface area contributed by atoms with E-state index in [4.69, 9.17) is 8.83 Å². The van der Waals surface area contributed by atoms with Crippen LogP contribution in [0.2, 0.25) is 0 Å². The summed E-state index contributed by atoms with van der Waals surface area (Å²) in [6.45, 7) is 0. The molecule has 5 heterocycles. The molecule has 2 unspecified atom stereocenters. The molecule has 0 aliphatic heterocycles. The maximum Gasteiger partial charge on any atom is 0.206 e. The normalized spacial score (nSPS) is 16.4. The van der Waals surface area contributed by atoms with Crippen LogP contribution in [0.15, 0.2) is 136 Å². The molecule has 0 spiro atoms. The Hall–Kier alpha value is -5.77. The smallest absolute Gasteiger partial charge is 0.206 e. The fourth-order valence-electron chi connectivity index (χ4n) is 8.32. The summed E-state index contributed by atoms with van der Waals surface area (Å²) in [6.07, 6.45) is 11.5. The number of hydrogen-bond acceptors (Lipinski definition) is 2. The van der Waals surface area contributed by atoms with Crippen molar-refractivity contribution in [3.8, 4) is 5.69 Å². The van der Waals surface area contributed by atoms with Gasteiger partial charge in [-0.15, -0.1) is 0 Å². The van der Waals surface area contributed by atoms with Gasteiger partial charge in [-0.3, -0.25) is 8.80 Å². The van der Waals surface area contributed by atoms with Crippen LogP contribution in [0, 0.1) is 5.92 Å². The molecule has 214 valence electrons. The quantitative estimate of drug-likeness (QED) is 0.138. The van der Waals surface area contributed by atoms with Crippen LogP contribution in [0.1, 0.15) is 0 Å². The van der Waals surface area contributed by atoms with Crippen LogP contribution < -0.4 is 10.7 Å². The van der Waals surface area contributed by atoms with Gasteiger partial charge in [0.2, 0.25) is 15.4 Å². The van der Waals surface area contributed by atoms with Gasteiger partial charge in [0, 0.05) is 11.6 Å². The first-order valence-electron chi connectivity index (χ1n) is 15.7. The first-order chi connectivity index (χ1) is 22.8. The van der Waals surface area contributed by atoms with Crippen molar-refractivity contribution in [2.45, 2.75) is 0 Å². The second kappa shape index (κ2) is 8.08. The van der Waals surface area contributed by atoms with Crippen molar-refractivity contribution in [2.24, 2.45) is 5.92 Å². The number of hydrogen-bond donors (Lipinski definition) is 0. The lowest BCUT2D eigenvalue weighted by Crippen LogP contribution is -2.34. The molecule has 2 atom stereocenters. The van der Waals surface area contributed by atoms with Crippen LogP contribution in [0.5, 0.6) is 0 Å². The van der Waals surface area contributed by atoms with E-state index in [0.717, 1.165) is 50.1 Å². The fraction of sp³-hybridized carbons (Fsp3) is 0.0250. The summed E-state index contributed by atoms with van der Waals surface area (Å²) >= 11 is 0. The molecule has 2 aliphatic carbocycles. The van der Waals surface area contributed by atoms with E-state index in [9.17, 15) is 0 Å². The third kappa shape index (κ3) is 2.66. The zero-order chi connectivity index (χ0) is 29.7. The molecule has 5 nitrogen and oxygen atoms in total. The standard InChI is InChI=1S/C40H23N3O2P/c1-2-11-24(12-3-1)41-28-18-20-33-36-38(28)46-39-29(42(36)26-14-6-8-16-31(26)44-33)19-21-34-37(39)43(27-15-7-9-17-32(27)45-34)30-22-23-10-4-5-13-25(23)35(41)40(30)46/h1-23H/q+1. The molecule has 5 aromatic heterocycles. The van der Waals surface area contributed by atoms with Crippen molar-refractivity contribution in [1.29, 1.82) is 0 Å². The van der Waals surface area contributed by atoms with Crippen LogP contribution in [0.3, 0.4) is 0 Å². The first kappa shape index (κ1) is 23.6. The lowest BCUT2D eigenvalue weighted by molar-refractivity contribution is 0.654. The van der Waals surface area contributed by atoms with E-state index in [1.54, 1.807) is 0 Å². The van der Waals surface area contributed by atoms with Crippen molar-refractivity contribution in [1.82, 2.24) is 13.4 Å². The number of aromatic nitrogens is 3. The Kier molecular flexibility index (Phi) is 4.14. The molecule has 0 N–H and O–H groups in total. The Labute approximate surface area is 261 Å². The van der Waals surface area contributed by atoms with E-state index in [2.05, 4.69) is 147 Å². The molecule has 0 radical (unpaired) electrons. The Balaban J connectivity index is 1.55. The lowest BCUT2D eigenvalue weighted by Gasteiger charge is -2.24. The summed E-state index contributed by atoms with van der Waals surface area (Å²) in [5.41, 5.74) is 12.9. The number of fused-ring (bicyclic) bond motifs is 7. The predicted molar refractivity (Wildman–Crippen MR) is 189 cm³/mol. The van der Waals surface area contributed by atoms with Gasteiger partial charge in [0.05, 0.1) is 27.4 Å². The molecular weight excluding hydrogens is 585 g/mol. The van der Waals surface area contributed by atoms with E-state index >= 15 is 0 Å². The van der Waals surface area contributed by atoms with Gasteiger partial charge in [0.25, 0.3) is 0 Å². The summed E-state index contributed by atoms with van der Waals surface area (Å²) in [6, 6.07) is 36.6. The minimum atomic E-state index is -0.973. The van der Waals surface area contributed by atoms with Crippen molar-refractivity contribution < 1.29 is 8.83 Å². The topological polar surface area (TPSA) is 40.0 Å². The third-order valence-electron chi connectivity index (χ3n) is 10.1. The average Bonchev–Trinajstić information content (AvgIpc) is 3.12. The summed E-state index contributed by atoms with van der Waals surface area (Å²) in [7, 11) is -0.973. The monoisotopic (exact) mass is 608 g/mol. The van der Waals surface area contributed by atoms with Crippen molar-refractivity contribution in [3.63, 3.8) is 0 Å². The summed E-state index contributed by atoms with van der Waals surface area (Å²) in [4.78, 5) is 0. The van der Waals surface area contributed by atoms with Crippen molar-refractivity contribution in [3.05, 3.63) is 138 Å². The van der Waals surface area contributed by atoms with Gasteiger partial charge in [0.1, 0.15) is 16.4 Å². The summed E-state index contributed by atoms with van der Waals surface area (Å²) in [5, 5.41) is 6.63. The molecule has 10 aromatic rings. The van der Waals surface area contributed by atoms with E-state index in [1.165, 1.54) is 42.7 Å². The van der Waals surface area contributed by atoms with Crippen molar-refractivity contribution >= 4 is 89.8 Å². The molecular formula is C40H23N3O2P+. The number of allylic oxidation sites excluding steroid dienone is 4. The highest BCUT2D eigenvalue weighted by Crippen LogP contribution is 2.52. The Morgan fingerprint density at radius 3 is 1.98 bits per heavy atom. The van der Waals surface area contributed by atoms with Gasteiger partial charge >= 0.3 is 0 Å². The first-order valence-corrected chi connectivity index (χ1v) is 17.0. The minimum Gasteiger partial charge on any atom is -0.453 e. The van der Waals surface area contributed by atoms with Gasteiger partial charge < -0.3 is 13.4 Å². The molecule has 0 fully saturated rings. The molecule has 2 aliphatic rings. The molecule has 12 rings (SSSR count). The highest BCUT2D eigenvalue weighted by Gasteiger charge is 2.36. The van der Waals surface area contributed by atoms with Crippen LogP contribution in [0.25, 0.3) is 88.1 Å². The predicted octanol–water partition coefficient (Wildman–Crippen LogP) is 9.34. The van der Waals surface area contributed by atoms with Gasteiger partial charge in [0.15, 0.2) is 29.7 Å². The van der Waals surface area contributed by atoms with Crippen LogP contribution in [0.4, 0.5) is 0 Å². The molecule has 6 heteroatoms. The Bertz CT molecular complexity index is 3200. The maximum atomic E-state index is 6.72. The average molecular weight is 609 g/mol. The molecule has 0 amide bonds. The van der Waals surface area contributed by atoms with Crippen LogP contribution >= 0.6 is 7.34 Å². The molecule has 0 bridgehead atoms. The van der Waals surface area contributed by atoms with Gasteiger partial charge in [-0.05, 0) is 72.3 Å². The summed E-state index contributed by atoms with van der Waals surface area (Å²) < 4.78 is 20.9. The van der Waals surface area contributed by atoms with E-state index < -0.39 is 7.34 Å². The summed E-state index contributed by atoms with van der Waals surface area (Å²) in [5.74, 6) is 0.152. The van der Waals surface area contributed by atoms with Crippen molar-refractivity contribution in [2.75, 3.05) is 0 Å². The lowest BCUT2D eigenvalue weighted by atomic mass is 9.91. The maximum absolute atomic E-state index is 6.72. The number of benzene rings is 5. The SMILES string of the molecule is C1=CC2=c3c4c(n5c6ccccc6oc6ccc7c(c65)[p+]4c4c(ccc5oc6ccccc6n7c54)n3-c3ccccc3)=CC2C=C1. The molecule has 5 aromatic carbocycles. The van der Waals surface area contributed by atoms with Gasteiger partial charge in [-0.25, -0.2) is 0 Å². The minimum absolute atomic E-state index is 0.152. The van der Waals surface area contributed by atoms with Gasteiger partial charge in [-0.1, -0.05) is 66.8 Å². The molecule has 0 saturated carbocycles. The third-order valence-corrected chi connectivity index (χ3v) is 12.7. The largest absolute Gasteiger partial charge is 0.453 e. The highest BCUT2D eigenvalue weighted by molar-refractivity contribution is 7.62. The number of nitrogens with zero attached hydrogens (tertiary/aromatic N) is 3.